The van der Waals surface area contributed by atoms with Gasteiger partial charge in [0.25, 0.3) is 0 Å². The van der Waals surface area contributed by atoms with E-state index in [0.29, 0.717) is 62.9 Å². The molecule has 24 atom stereocenters. The highest BCUT2D eigenvalue weighted by Gasteiger charge is 2.67. The van der Waals surface area contributed by atoms with Gasteiger partial charge in [0.05, 0.1) is 82.2 Å². The van der Waals surface area contributed by atoms with Gasteiger partial charge in [0.1, 0.15) is 82.6 Å². The summed E-state index contributed by atoms with van der Waals surface area (Å²) in [6.07, 6.45) is 13.6. The second-order valence-corrected chi connectivity index (χ2v) is 47.0. The minimum atomic E-state index is -1.59. The molecule has 0 spiro atoms. The number of esters is 3. The number of fused-ring (bicyclic) bond motifs is 15. The van der Waals surface area contributed by atoms with E-state index >= 15 is 0 Å². The first-order valence-corrected chi connectivity index (χ1v) is 55.6. The molecule has 0 aromatic heterocycles. The van der Waals surface area contributed by atoms with Gasteiger partial charge in [0.15, 0.2) is 0 Å². The third-order valence-corrected chi connectivity index (χ3v) is 34.4. The third-order valence-electron chi connectivity index (χ3n) is 29.3. The molecule has 0 radical (unpaired) electrons. The number of nitrogens with one attached hydrogen (secondary N) is 4. The third kappa shape index (κ3) is 30.6. The van der Waals surface area contributed by atoms with Gasteiger partial charge in [-0.3, -0.25) is 49.6 Å². The van der Waals surface area contributed by atoms with Crippen LogP contribution in [-0.4, -0.2) is 281 Å². The van der Waals surface area contributed by atoms with Gasteiger partial charge in [0, 0.05) is 108 Å². The molecule has 42 heteroatoms. The number of benzene rings is 3. The Bertz CT molecular complexity index is 5540. The van der Waals surface area contributed by atoms with Crippen molar-refractivity contribution in [1.82, 2.24) is 31.1 Å². The van der Waals surface area contributed by atoms with Crippen LogP contribution in [0.3, 0.4) is 0 Å². The Labute approximate surface area is 892 Å². The van der Waals surface area contributed by atoms with Gasteiger partial charge in [-0.25, -0.2) is 28.8 Å². The number of carbonyl (C=O) groups excluding carboxylic acids is 11. The summed E-state index contributed by atoms with van der Waals surface area (Å²) in [7, 11) is 16.0. The van der Waals surface area contributed by atoms with Crippen LogP contribution in [0.4, 0.5) is 36.2 Å². The molecule has 10 aliphatic heterocycles. The first kappa shape index (κ1) is 122. The average Bonchev–Trinajstić information content (AvgIpc) is 1.58. The minimum Gasteiger partial charge on any atom is -0.481 e. The number of likely N-dealkylation sites (N-methyl/N-ethyl adjacent to an activating group) is 3. The van der Waals surface area contributed by atoms with Crippen molar-refractivity contribution in [3.8, 4) is 0 Å². The van der Waals surface area contributed by atoms with E-state index in [1.165, 1.54) is 31.5 Å². The van der Waals surface area contributed by atoms with E-state index in [4.69, 9.17) is 77.8 Å². The number of aliphatic hydroxyl groups excluding tert-OH is 1. The van der Waals surface area contributed by atoms with Crippen molar-refractivity contribution in [3.63, 3.8) is 0 Å². The zero-order valence-corrected chi connectivity index (χ0v) is 94.1. The van der Waals surface area contributed by atoms with E-state index in [0.717, 1.165) is 50.1 Å². The number of alkyl carbamates (subject to hydrolysis) is 3. The molecule has 12 bridgehead atoms. The molecule has 3 aromatic rings. The predicted molar refractivity (Wildman–Crippen MR) is 570 cm³/mol. The molecule has 812 valence electrons. The summed E-state index contributed by atoms with van der Waals surface area (Å²) < 4.78 is 51.4. The van der Waals surface area contributed by atoms with Crippen molar-refractivity contribution in [1.29, 1.82) is 0 Å². The molecule has 9 N–H and O–H groups in total. The van der Waals surface area contributed by atoms with E-state index in [2.05, 4.69) is 26.0 Å². The summed E-state index contributed by atoms with van der Waals surface area (Å²) in [5.41, 5.74) is 2.42. The van der Waals surface area contributed by atoms with Crippen LogP contribution in [0.2, 0.25) is 15.1 Å². The Balaban J connectivity index is 0.000000228. The molecule has 0 saturated carbocycles. The highest BCUT2D eigenvalue weighted by Crippen LogP contribution is 2.53. The number of epoxide rings is 3. The van der Waals surface area contributed by atoms with Crippen molar-refractivity contribution >= 4 is 167 Å². The van der Waals surface area contributed by atoms with Gasteiger partial charge in [-0.05, 0) is 173 Å². The number of aliphatic hydroxyl groups is 4. The second-order valence-electron chi connectivity index (χ2n) is 40.5. The highest BCUT2D eigenvalue weighted by molar-refractivity contribution is 8.76. The maximum atomic E-state index is 14.0. The summed E-state index contributed by atoms with van der Waals surface area (Å²) >= 11 is 20.0. The number of ether oxygens (including phenoxy) is 9. The lowest BCUT2D eigenvalue weighted by atomic mass is 9.82. The lowest BCUT2D eigenvalue weighted by Crippen LogP contribution is -2.60. The summed E-state index contributed by atoms with van der Waals surface area (Å²) in [5, 5.41) is 65.7. The number of hydrogen-bond acceptors (Lipinski definition) is 30. The van der Waals surface area contributed by atoms with E-state index in [-0.39, 0.29) is 86.8 Å². The fourth-order valence-corrected chi connectivity index (χ4v) is 21.7. The van der Waals surface area contributed by atoms with Crippen LogP contribution in [0.15, 0.2) is 108 Å². The van der Waals surface area contributed by atoms with E-state index < -0.39 is 179 Å². The Hall–Kier alpha value is -8.91. The zero-order valence-electron chi connectivity index (χ0n) is 88.6. The summed E-state index contributed by atoms with van der Waals surface area (Å²) in [6, 6.07) is 9.69. The fraction of sp³-hybridized carbons (Fsp3) is 0.600. The van der Waals surface area contributed by atoms with Gasteiger partial charge in [-0.2, -0.15) is 0 Å². The van der Waals surface area contributed by atoms with Gasteiger partial charge < -0.3 is 93.1 Å². The smallest absolute Gasteiger partial charge is 0.418 e. The second kappa shape index (κ2) is 51.5. The Kier molecular flexibility index (Phi) is 42.6. The Morgan fingerprint density at radius 1 is 0.517 bits per heavy atom. The molecule has 35 nitrogen and oxygen atoms in total. The summed E-state index contributed by atoms with van der Waals surface area (Å²) in [6.45, 7) is 32.9. The van der Waals surface area contributed by atoms with Crippen LogP contribution in [0, 0.1) is 56.3 Å². The topological polar surface area (TPSA) is 463 Å². The largest absolute Gasteiger partial charge is 0.481 e. The maximum Gasteiger partial charge on any atom is 0.418 e. The lowest BCUT2D eigenvalue weighted by Gasteiger charge is -2.41. The standard InChI is InChI=1S/C36H50ClN3O8S2.C32H44ClN3O7.C28H37ClN2O6.C5H7NO3.C4H8O2S2/c1-20-11-10-12-22(3)36(45)19-27(46-34(44)38-36)23(4)32-35(6,48-32)28(47-33(43)24(5)39(7)29(41)13-14-50-49-9)18-30(42)40(8)26-17-25(15-20)16-21(2)31(26)37;1-17-10-9-11-19(3)32(40)16-24(41-30(39)35-32)20(4)28-31(6,43-28)25(42-29(38)21(5)34-7)15-26(37)36(8)23-14-22(12-17)13-18(2)27(23)33;1-15-8-7-9-17(3)28(35)14-21(36-26(34)30-28)18(4)25-27(5,37-25)22(32)13-23(33)31(6)20-12-19(10-15)11-16(2)24(20)29;1-3-4(7)9-5(8)6(3)2;1-7-8-3-2-4(5)6/h10-12,16-17,22-24,27-28,32,45H,13-15,18-19H2,1-9H3,(H,38,44);9-11,13-14,19-21,24-25,28,34,40H,12,15-16H2,1-8H3,(H,35,39);7-9,11-12,17-18,21-22,25,32,35H,10,13-14H2,1-6H3,(H,30,34);3H,1-2H3;2-3H2,1H3,(H,5,6)/b12-10+,20-11+;11-9+,17-10+;9-7+,15-8+;;/t22?,23?,24-,27?,28?,32?,35?,36?;19?,20?,21-,24?,25?,28?,31?,32?;;3-;/m00.0./s1. The molecule has 13 rings (SSSR count). The number of rotatable bonds is 14. The number of carboxylic acids is 1. The molecule has 7 saturated heterocycles. The van der Waals surface area contributed by atoms with Crippen molar-refractivity contribution in [3.05, 3.63) is 156 Å². The van der Waals surface area contributed by atoms with Gasteiger partial charge >= 0.3 is 48.3 Å². The van der Waals surface area contributed by atoms with E-state index in [9.17, 15) is 78.0 Å². The fourth-order valence-electron chi connectivity index (χ4n) is 18.6. The number of aryl methyl sites for hydroxylation is 3. The number of cyclic esters (lactones) is 2. The minimum absolute atomic E-state index is 0.0819. The number of halogens is 3. The molecule has 10 aliphatic rings. The van der Waals surface area contributed by atoms with Crippen LogP contribution in [-0.2, 0) is 100 Å². The zero-order chi connectivity index (χ0) is 110. The van der Waals surface area contributed by atoms with Gasteiger partial charge in [-0.15, -0.1) is 0 Å². The number of carboxylic acid groups (broad SMARTS) is 1. The Morgan fingerprint density at radius 2 is 0.844 bits per heavy atom. The van der Waals surface area contributed by atoms with E-state index in [1.54, 1.807) is 120 Å². The SMILES string of the molecule is C/C1=C\C=C\C(C)C2(O)CC(OC(=O)N2)C(C)C2OC2(C)C(O)CC(=O)N(C)c2cc(cc(C)c2Cl)C1.CN[C@@H](C)C(=O)OC1CC(=O)N(C)c2cc(cc(C)c2Cl)C/C(C)=C/C=C/C(C)C2(O)CC(OC(=O)N2)C(C)C2OC12C.CSSCCC(=O)N(C)[C@@H](C)C(=O)OC1CC(=O)N(C)c2cc(cc(C)c2Cl)C/C(C)=C/C=C/C(C)C2(O)CC(OC(=O)N2)C(C)C2OC12C.CSSCCC(=O)O.C[C@H]1C(=O)OC(=O)N1C. The van der Waals surface area contributed by atoms with Crippen molar-refractivity contribution in [2.45, 2.75) is 302 Å². The Morgan fingerprint density at radius 3 is 1.16 bits per heavy atom. The number of anilines is 3. The van der Waals surface area contributed by atoms with Crippen LogP contribution < -0.4 is 36.0 Å². The number of amides is 8. The first-order chi connectivity index (χ1) is 68.6. The van der Waals surface area contributed by atoms with Crippen molar-refractivity contribution < 1.29 is 126 Å². The molecule has 3 aromatic carbocycles. The van der Waals surface area contributed by atoms with Crippen LogP contribution in [0.1, 0.15) is 189 Å². The molecule has 8 amide bonds. The average molecular weight is 2180 g/mol. The van der Waals surface area contributed by atoms with Crippen molar-refractivity contribution in [2.75, 3.05) is 81.0 Å². The lowest BCUT2D eigenvalue weighted by molar-refractivity contribution is -0.162. The first-order valence-electron chi connectivity index (χ1n) is 49.0. The number of nitrogens with zero attached hydrogens (tertiary/aromatic N) is 5. The monoisotopic (exact) mass is 2180 g/mol. The number of allylic oxidation sites excluding steroid dienone is 9. The normalized spacial score (nSPS) is 33.5. The molecule has 21 unspecified atom stereocenters. The van der Waals surface area contributed by atoms with Gasteiger partial charge in [-0.1, -0.05) is 209 Å². The molecule has 0 aliphatic carbocycles. The molecular formula is C105H146Cl3N9O26S4. The maximum absolute atomic E-state index is 14.0. The summed E-state index contributed by atoms with van der Waals surface area (Å²) in [5.74, 6) is -4.68. The summed E-state index contributed by atoms with van der Waals surface area (Å²) in [4.78, 5) is 156. The number of carbonyl (C=O) groups is 12. The van der Waals surface area contributed by atoms with Crippen LogP contribution >= 0.6 is 78.0 Å². The number of aliphatic carboxylic acids is 1. The van der Waals surface area contributed by atoms with Crippen LogP contribution in [0.5, 0.6) is 0 Å². The predicted octanol–water partition coefficient (Wildman–Crippen LogP) is 15.5. The van der Waals surface area contributed by atoms with Crippen molar-refractivity contribution in [2.24, 2.45) is 35.5 Å². The number of hydrogen-bond donors (Lipinski definition) is 9. The molecular weight excluding hydrogens is 2040 g/mol. The molecule has 7 fully saturated rings. The van der Waals surface area contributed by atoms with Crippen LogP contribution in [0.25, 0.3) is 0 Å². The van der Waals surface area contributed by atoms with E-state index in [1.807, 2.05) is 187 Å². The molecule has 10 heterocycles. The quantitative estimate of drug-likeness (QED) is 0.0181. The molecule has 147 heavy (non-hydrogen) atoms. The van der Waals surface area contributed by atoms with Gasteiger partial charge in [0.2, 0.25) is 23.6 Å². The highest BCUT2D eigenvalue weighted by atomic mass is 35.5.